The summed E-state index contributed by atoms with van der Waals surface area (Å²) in [5, 5.41) is 5.67. The predicted molar refractivity (Wildman–Crippen MR) is 139 cm³/mol. The fourth-order valence-electron chi connectivity index (χ4n) is 4.08. The smallest absolute Gasteiger partial charge is 0.141 e. The zero-order valence-electron chi connectivity index (χ0n) is 19.5. The zero-order chi connectivity index (χ0) is 23.8. The quantitative estimate of drug-likeness (QED) is 0.148. The monoisotopic (exact) mass is 476 g/mol. The minimum atomic E-state index is 0.453. The summed E-state index contributed by atoms with van der Waals surface area (Å²) < 4.78 is 11.4. The average molecular weight is 477 g/mol. The zero-order valence-corrected chi connectivity index (χ0v) is 20.3. The molecule has 0 saturated carbocycles. The predicted octanol–water partition coefficient (Wildman–Crippen LogP) is 6.74. The second-order valence-corrected chi connectivity index (χ2v) is 8.40. The molecule has 0 aliphatic heterocycles. The first kappa shape index (κ1) is 23.7. The van der Waals surface area contributed by atoms with Crippen LogP contribution in [0.1, 0.15) is 28.8 Å². The Labute approximate surface area is 205 Å². The maximum Gasteiger partial charge on any atom is 0.141 e. The van der Waals surface area contributed by atoms with E-state index in [2.05, 4.69) is 35.3 Å². The van der Waals surface area contributed by atoms with Crippen LogP contribution in [-0.4, -0.2) is 31.5 Å². The normalized spacial score (nSPS) is 11.3. The molecule has 3 aromatic carbocycles. The summed E-state index contributed by atoms with van der Waals surface area (Å²) in [6.07, 6.45) is 3.84. The molecule has 0 unspecified atom stereocenters. The van der Waals surface area contributed by atoms with Crippen LogP contribution in [0.3, 0.4) is 0 Å². The van der Waals surface area contributed by atoms with Gasteiger partial charge in [-0.15, -0.1) is 0 Å². The van der Waals surface area contributed by atoms with Crippen LogP contribution < -0.4 is 9.47 Å². The number of fused-ring (bicyclic) bond motifs is 1. The number of halogens is 1. The molecule has 1 N–H and O–H groups in total. The van der Waals surface area contributed by atoms with E-state index in [1.807, 2.05) is 48.5 Å². The van der Waals surface area contributed by atoms with Gasteiger partial charge in [-0.3, -0.25) is 0 Å². The van der Waals surface area contributed by atoms with Crippen LogP contribution in [0.2, 0.25) is 5.02 Å². The van der Waals surface area contributed by atoms with Crippen molar-refractivity contribution >= 4 is 28.7 Å². The van der Waals surface area contributed by atoms with Gasteiger partial charge in [0.05, 0.1) is 18.7 Å². The Balaban J connectivity index is 1.38. The van der Waals surface area contributed by atoms with Crippen molar-refractivity contribution in [1.82, 2.24) is 4.98 Å². The van der Waals surface area contributed by atoms with Crippen molar-refractivity contribution in [1.29, 1.82) is 0 Å². The highest BCUT2D eigenvalue weighted by Gasteiger charge is 2.19. The van der Waals surface area contributed by atoms with Crippen LogP contribution in [0, 0.1) is 6.92 Å². The summed E-state index contributed by atoms with van der Waals surface area (Å²) >= 11 is 6.85. The van der Waals surface area contributed by atoms with Gasteiger partial charge < -0.3 is 19.3 Å². The summed E-state index contributed by atoms with van der Waals surface area (Å²) in [5.41, 5.74) is 5.45. The van der Waals surface area contributed by atoms with E-state index in [1.165, 1.54) is 5.56 Å². The molecule has 0 bridgehead atoms. The molecular weight excluding hydrogens is 448 g/mol. The van der Waals surface area contributed by atoms with Gasteiger partial charge in [0.25, 0.3) is 0 Å². The average Bonchev–Trinajstić information content (AvgIpc) is 3.17. The number of aromatic amines is 1. The van der Waals surface area contributed by atoms with E-state index < -0.39 is 0 Å². The van der Waals surface area contributed by atoms with Crippen molar-refractivity contribution in [2.75, 3.05) is 20.3 Å². The fourth-order valence-corrected chi connectivity index (χ4v) is 4.49. The number of methoxy groups -OCH3 is 1. The van der Waals surface area contributed by atoms with Crippen LogP contribution in [-0.2, 0) is 17.7 Å². The fraction of sp³-hybridized carbons (Fsp3) is 0.250. The van der Waals surface area contributed by atoms with Gasteiger partial charge in [0.2, 0.25) is 0 Å². The van der Waals surface area contributed by atoms with E-state index in [4.69, 9.17) is 25.9 Å². The molecule has 1 heterocycles. The SMILES string of the molecule is COc1c(Cc2ccccc2)cc2[nH]c(C)c(CCON=CCCOc3ccccc3)c2c1Cl. The molecule has 0 spiro atoms. The second kappa shape index (κ2) is 11.6. The van der Waals surface area contributed by atoms with Crippen molar-refractivity contribution in [2.24, 2.45) is 5.16 Å². The summed E-state index contributed by atoms with van der Waals surface area (Å²) in [4.78, 5) is 8.97. The molecule has 0 fully saturated rings. The Morgan fingerprint density at radius 1 is 1.00 bits per heavy atom. The van der Waals surface area contributed by atoms with E-state index in [-0.39, 0.29) is 0 Å². The van der Waals surface area contributed by atoms with Gasteiger partial charge in [-0.2, -0.15) is 0 Å². The first-order valence-electron chi connectivity index (χ1n) is 11.4. The summed E-state index contributed by atoms with van der Waals surface area (Å²) in [7, 11) is 1.67. The lowest BCUT2D eigenvalue weighted by atomic mass is 10.0. The third-order valence-corrected chi connectivity index (χ3v) is 6.03. The molecule has 5 nitrogen and oxygen atoms in total. The maximum atomic E-state index is 6.85. The van der Waals surface area contributed by atoms with Gasteiger partial charge >= 0.3 is 0 Å². The minimum Gasteiger partial charge on any atom is -0.495 e. The molecule has 6 heteroatoms. The van der Waals surface area contributed by atoms with Gasteiger partial charge in [-0.1, -0.05) is 65.3 Å². The molecule has 176 valence electrons. The largest absolute Gasteiger partial charge is 0.495 e. The summed E-state index contributed by atoms with van der Waals surface area (Å²) in [6.45, 7) is 3.06. The van der Waals surface area contributed by atoms with E-state index in [0.717, 1.165) is 45.6 Å². The Kier molecular flexibility index (Phi) is 8.10. The van der Waals surface area contributed by atoms with Crippen LogP contribution >= 0.6 is 11.6 Å². The van der Waals surface area contributed by atoms with Gasteiger partial charge in [0, 0.05) is 47.6 Å². The van der Waals surface area contributed by atoms with E-state index in [1.54, 1.807) is 13.3 Å². The number of aryl methyl sites for hydroxylation is 1. The van der Waals surface area contributed by atoms with Crippen LogP contribution in [0.4, 0.5) is 0 Å². The molecule has 0 aliphatic rings. The van der Waals surface area contributed by atoms with Gasteiger partial charge in [0.1, 0.15) is 18.1 Å². The van der Waals surface area contributed by atoms with Gasteiger partial charge in [-0.05, 0) is 36.2 Å². The van der Waals surface area contributed by atoms with Crippen molar-refractivity contribution in [3.05, 3.63) is 94.1 Å². The molecule has 1 aromatic heterocycles. The van der Waals surface area contributed by atoms with Crippen molar-refractivity contribution in [3.8, 4) is 11.5 Å². The molecule has 0 atom stereocenters. The van der Waals surface area contributed by atoms with Crippen molar-refractivity contribution in [2.45, 2.75) is 26.2 Å². The Hall–Kier alpha value is -3.44. The third-order valence-electron chi connectivity index (χ3n) is 5.67. The van der Waals surface area contributed by atoms with E-state index >= 15 is 0 Å². The number of nitrogens with zero attached hydrogens (tertiary/aromatic N) is 1. The number of rotatable bonds is 11. The van der Waals surface area contributed by atoms with Crippen molar-refractivity contribution in [3.63, 3.8) is 0 Å². The summed E-state index contributed by atoms with van der Waals surface area (Å²) in [6, 6.07) is 22.2. The van der Waals surface area contributed by atoms with Crippen molar-refractivity contribution < 1.29 is 14.3 Å². The number of ether oxygens (including phenoxy) is 2. The lowest BCUT2D eigenvalue weighted by molar-refractivity contribution is 0.148. The van der Waals surface area contributed by atoms with E-state index in [9.17, 15) is 0 Å². The third kappa shape index (κ3) is 5.72. The van der Waals surface area contributed by atoms with E-state index in [0.29, 0.717) is 31.1 Å². The summed E-state index contributed by atoms with van der Waals surface area (Å²) in [5.74, 6) is 1.57. The lowest BCUT2D eigenvalue weighted by Gasteiger charge is -2.13. The molecule has 0 amide bonds. The minimum absolute atomic E-state index is 0.453. The number of benzene rings is 3. The maximum absolute atomic E-state index is 6.85. The van der Waals surface area contributed by atoms with Gasteiger partial charge in [0.15, 0.2) is 0 Å². The molecule has 0 saturated heterocycles. The molecule has 0 aliphatic carbocycles. The number of para-hydroxylation sites is 1. The van der Waals surface area contributed by atoms with Gasteiger partial charge in [-0.25, -0.2) is 0 Å². The molecule has 4 aromatic rings. The highest BCUT2D eigenvalue weighted by atomic mass is 35.5. The standard InChI is InChI=1S/C28H29ClN2O3/c1-20-24(14-17-34-30-15-9-16-33-23-12-7-4-8-13-23)26-25(31-20)19-22(28(32-2)27(26)29)18-21-10-5-3-6-11-21/h3-8,10-13,15,19,31H,9,14,16-18H2,1-2H3. The Morgan fingerprint density at radius 3 is 2.47 bits per heavy atom. The topological polar surface area (TPSA) is 55.8 Å². The highest BCUT2D eigenvalue weighted by Crippen LogP contribution is 2.40. The second-order valence-electron chi connectivity index (χ2n) is 8.02. The number of hydrogen-bond donors (Lipinski definition) is 1. The highest BCUT2D eigenvalue weighted by molar-refractivity contribution is 6.37. The number of oxime groups is 1. The van der Waals surface area contributed by atoms with Crippen LogP contribution in [0.15, 0.2) is 71.9 Å². The number of H-pyrrole nitrogens is 1. The first-order valence-corrected chi connectivity index (χ1v) is 11.8. The number of aromatic nitrogens is 1. The molecular formula is C28H29ClN2O3. The Bertz CT molecular complexity index is 1240. The number of nitrogens with one attached hydrogen (secondary N) is 1. The van der Waals surface area contributed by atoms with Crippen LogP contribution in [0.5, 0.6) is 11.5 Å². The number of hydrogen-bond acceptors (Lipinski definition) is 4. The van der Waals surface area contributed by atoms with Crippen LogP contribution in [0.25, 0.3) is 10.9 Å². The molecule has 4 rings (SSSR count). The lowest BCUT2D eigenvalue weighted by Crippen LogP contribution is -1.99. The molecule has 34 heavy (non-hydrogen) atoms. The molecule has 0 radical (unpaired) electrons. The first-order chi connectivity index (χ1) is 16.7. The Morgan fingerprint density at radius 2 is 1.74 bits per heavy atom.